The number of nitrogens with two attached hydrogens (primary N) is 1. The predicted molar refractivity (Wildman–Crippen MR) is 91.9 cm³/mol. The van der Waals surface area contributed by atoms with Crippen molar-refractivity contribution in [1.82, 2.24) is 9.78 Å². The third-order valence-corrected chi connectivity index (χ3v) is 4.70. The molecule has 0 bridgehead atoms. The van der Waals surface area contributed by atoms with Gasteiger partial charge in [-0.25, -0.2) is 18.2 Å². The Balaban J connectivity index is 2.17. The second-order valence-corrected chi connectivity index (χ2v) is 7.16. The van der Waals surface area contributed by atoms with E-state index in [1.54, 1.807) is 24.3 Å². The molecule has 10 heteroatoms. The highest BCUT2D eigenvalue weighted by Crippen LogP contribution is 2.34. The van der Waals surface area contributed by atoms with Crippen LogP contribution in [-0.4, -0.2) is 25.3 Å². The van der Waals surface area contributed by atoms with Crippen LogP contribution in [-0.2, 0) is 16.2 Å². The lowest BCUT2D eigenvalue weighted by Crippen LogP contribution is -2.12. The fourth-order valence-electron chi connectivity index (χ4n) is 2.48. The quantitative estimate of drug-likeness (QED) is 0.732. The largest absolute Gasteiger partial charge is 0.497 e. The topological polar surface area (TPSA) is 87.2 Å². The number of benzene rings is 2. The molecule has 3 rings (SSSR count). The molecule has 0 amide bonds. The molecule has 0 radical (unpaired) electrons. The van der Waals surface area contributed by atoms with Crippen molar-refractivity contribution in [2.75, 3.05) is 7.11 Å². The average molecular weight is 397 g/mol. The molecule has 0 aliphatic rings. The zero-order valence-electron chi connectivity index (χ0n) is 13.9. The standard InChI is InChI=1S/C17H14F3N3O3S/c1-26-13-4-2-3-11(9-13)15-10-16(17(18,19)20)22-23(15)12-5-7-14(8-6-12)27(21,24)25/h2-10H,1H3,(H2,21,24,25). The molecule has 27 heavy (non-hydrogen) atoms. The first kappa shape index (κ1) is 18.9. The van der Waals surface area contributed by atoms with E-state index in [4.69, 9.17) is 9.88 Å². The van der Waals surface area contributed by atoms with E-state index in [0.29, 0.717) is 11.3 Å². The number of aromatic nitrogens is 2. The van der Waals surface area contributed by atoms with Crippen molar-refractivity contribution < 1.29 is 26.3 Å². The second kappa shape index (κ2) is 6.71. The van der Waals surface area contributed by atoms with Crippen molar-refractivity contribution in [2.45, 2.75) is 11.1 Å². The first-order valence-electron chi connectivity index (χ1n) is 7.54. The summed E-state index contributed by atoms with van der Waals surface area (Å²) in [5.74, 6) is 0.471. The molecule has 0 atom stereocenters. The zero-order valence-corrected chi connectivity index (χ0v) is 14.8. The van der Waals surface area contributed by atoms with Crippen LogP contribution in [0.25, 0.3) is 16.9 Å². The lowest BCUT2D eigenvalue weighted by Gasteiger charge is -2.09. The van der Waals surface area contributed by atoms with Crippen molar-refractivity contribution in [2.24, 2.45) is 5.14 Å². The molecule has 0 spiro atoms. The van der Waals surface area contributed by atoms with Crippen LogP contribution in [0, 0.1) is 0 Å². The summed E-state index contributed by atoms with van der Waals surface area (Å²) < 4.78 is 68.5. The number of hydrogen-bond donors (Lipinski definition) is 1. The molecule has 2 aromatic carbocycles. The van der Waals surface area contributed by atoms with E-state index >= 15 is 0 Å². The first-order valence-corrected chi connectivity index (χ1v) is 9.09. The minimum atomic E-state index is -4.64. The van der Waals surface area contributed by atoms with Crippen LogP contribution in [0.5, 0.6) is 5.75 Å². The third kappa shape index (κ3) is 3.96. The molecule has 2 N–H and O–H groups in total. The number of rotatable bonds is 4. The Morgan fingerprint density at radius 3 is 2.30 bits per heavy atom. The molecule has 0 unspecified atom stereocenters. The monoisotopic (exact) mass is 397 g/mol. The van der Waals surface area contributed by atoms with Crippen molar-refractivity contribution in [3.05, 3.63) is 60.3 Å². The van der Waals surface area contributed by atoms with Crippen molar-refractivity contribution in [3.8, 4) is 22.7 Å². The van der Waals surface area contributed by atoms with Gasteiger partial charge in [0, 0.05) is 5.56 Å². The van der Waals surface area contributed by atoms with E-state index in [9.17, 15) is 21.6 Å². The summed E-state index contributed by atoms with van der Waals surface area (Å²) in [7, 11) is -2.47. The van der Waals surface area contributed by atoms with Gasteiger partial charge in [-0.3, -0.25) is 0 Å². The molecular formula is C17H14F3N3O3S. The molecule has 3 aromatic rings. The third-order valence-electron chi connectivity index (χ3n) is 3.78. The van der Waals surface area contributed by atoms with E-state index in [2.05, 4.69) is 5.10 Å². The van der Waals surface area contributed by atoms with Gasteiger partial charge in [-0.05, 0) is 42.5 Å². The Hall–Kier alpha value is -2.85. The number of primary sulfonamides is 1. The predicted octanol–water partition coefficient (Wildman–Crippen LogP) is 3.21. The summed E-state index contributed by atoms with van der Waals surface area (Å²) in [6.45, 7) is 0. The number of alkyl halides is 3. The molecule has 0 aliphatic carbocycles. The van der Waals surface area contributed by atoms with Gasteiger partial charge >= 0.3 is 6.18 Å². The zero-order chi connectivity index (χ0) is 19.8. The van der Waals surface area contributed by atoms with Crippen LogP contribution in [0.1, 0.15) is 5.69 Å². The number of sulfonamides is 1. The van der Waals surface area contributed by atoms with E-state index in [-0.39, 0.29) is 16.3 Å². The van der Waals surface area contributed by atoms with E-state index in [1.165, 1.54) is 31.4 Å². The summed E-state index contributed by atoms with van der Waals surface area (Å²) in [4.78, 5) is -0.155. The lowest BCUT2D eigenvalue weighted by atomic mass is 10.1. The second-order valence-electron chi connectivity index (χ2n) is 5.60. The van der Waals surface area contributed by atoms with Crippen molar-refractivity contribution in [3.63, 3.8) is 0 Å². The van der Waals surface area contributed by atoms with Crippen LogP contribution in [0.4, 0.5) is 13.2 Å². The molecule has 0 fully saturated rings. The Bertz CT molecular complexity index is 1070. The maximum Gasteiger partial charge on any atom is 0.435 e. The Kier molecular flexibility index (Phi) is 4.70. The average Bonchev–Trinajstić information content (AvgIpc) is 3.07. The highest BCUT2D eigenvalue weighted by Gasteiger charge is 2.35. The summed E-state index contributed by atoms with van der Waals surface area (Å²) in [6.07, 6.45) is -4.64. The van der Waals surface area contributed by atoms with Gasteiger partial charge in [-0.2, -0.15) is 18.3 Å². The smallest absolute Gasteiger partial charge is 0.435 e. The van der Waals surface area contributed by atoms with E-state index in [1.807, 2.05) is 0 Å². The molecule has 142 valence electrons. The van der Waals surface area contributed by atoms with Crippen LogP contribution in [0.15, 0.2) is 59.5 Å². The van der Waals surface area contributed by atoms with E-state index in [0.717, 1.165) is 10.7 Å². The molecule has 0 saturated carbocycles. The molecule has 0 saturated heterocycles. The molecule has 1 aromatic heterocycles. The maximum absolute atomic E-state index is 13.2. The summed E-state index contributed by atoms with van der Waals surface area (Å²) in [5, 5.41) is 8.69. The van der Waals surface area contributed by atoms with Crippen LogP contribution in [0.2, 0.25) is 0 Å². The van der Waals surface area contributed by atoms with Gasteiger partial charge in [-0.15, -0.1) is 0 Å². The minimum Gasteiger partial charge on any atom is -0.497 e. The Labute approximate surface area is 153 Å². The molecule has 1 heterocycles. The van der Waals surface area contributed by atoms with Crippen LogP contribution < -0.4 is 9.88 Å². The fraction of sp³-hybridized carbons (Fsp3) is 0.118. The summed E-state index contributed by atoms with van der Waals surface area (Å²) >= 11 is 0. The van der Waals surface area contributed by atoms with Crippen molar-refractivity contribution >= 4 is 10.0 Å². The highest BCUT2D eigenvalue weighted by molar-refractivity contribution is 7.89. The molecule has 6 nitrogen and oxygen atoms in total. The minimum absolute atomic E-state index is 0.155. The van der Waals surface area contributed by atoms with Gasteiger partial charge in [0.05, 0.1) is 23.4 Å². The number of hydrogen-bond acceptors (Lipinski definition) is 4. The summed E-state index contributed by atoms with van der Waals surface area (Å²) in [6, 6.07) is 12.5. The van der Waals surface area contributed by atoms with Crippen LogP contribution >= 0.6 is 0 Å². The maximum atomic E-state index is 13.2. The van der Waals surface area contributed by atoms with E-state index < -0.39 is 21.9 Å². The Morgan fingerprint density at radius 1 is 1.07 bits per heavy atom. The molecule has 0 aliphatic heterocycles. The van der Waals surface area contributed by atoms with Gasteiger partial charge < -0.3 is 4.74 Å². The fourth-order valence-corrected chi connectivity index (χ4v) is 3.00. The van der Waals surface area contributed by atoms with Crippen LogP contribution in [0.3, 0.4) is 0 Å². The first-order chi connectivity index (χ1) is 12.6. The van der Waals surface area contributed by atoms with Gasteiger partial charge in [0.15, 0.2) is 5.69 Å². The summed E-state index contributed by atoms with van der Waals surface area (Å²) in [5.41, 5.74) is -0.205. The highest BCUT2D eigenvalue weighted by atomic mass is 32.2. The van der Waals surface area contributed by atoms with Gasteiger partial charge in [-0.1, -0.05) is 12.1 Å². The number of nitrogens with zero attached hydrogens (tertiary/aromatic N) is 2. The normalized spacial score (nSPS) is 12.2. The number of halogens is 3. The van der Waals surface area contributed by atoms with Gasteiger partial charge in [0.1, 0.15) is 5.75 Å². The van der Waals surface area contributed by atoms with Gasteiger partial charge in [0.25, 0.3) is 0 Å². The molecular weight excluding hydrogens is 383 g/mol. The lowest BCUT2D eigenvalue weighted by molar-refractivity contribution is -0.141. The van der Waals surface area contributed by atoms with Crippen molar-refractivity contribution in [1.29, 1.82) is 0 Å². The SMILES string of the molecule is COc1cccc(-c2cc(C(F)(F)F)nn2-c2ccc(S(N)(=O)=O)cc2)c1. The number of methoxy groups -OCH3 is 1. The number of ether oxygens (including phenoxy) is 1. The van der Waals surface area contributed by atoms with Gasteiger partial charge in [0.2, 0.25) is 10.0 Å². The Morgan fingerprint density at radius 2 is 1.74 bits per heavy atom.